The SMILES string of the molecule is O=C1CCN(S(=O)(=O)c2cccc(C(F)(F)F)c2)C(C(=O)Nc2cccc(F)c2)C1. The molecule has 1 unspecified atom stereocenters. The molecule has 2 aromatic carbocycles. The molecule has 1 saturated heterocycles. The molecule has 1 fully saturated rings. The number of alkyl halides is 3. The van der Waals surface area contributed by atoms with Crippen LogP contribution in [0.15, 0.2) is 53.4 Å². The zero-order chi connectivity index (χ0) is 22.1. The highest BCUT2D eigenvalue weighted by molar-refractivity contribution is 7.89. The maximum absolute atomic E-state index is 13.3. The van der Waals surface area contributed by atoms with E-state index in [2.05, 4.69) is 5.32 Å². The van der Waals surface area contributed by atoms with Gasteiger partial charge in [0.05, 0.1) is 10.5 Å². The second kappa shape index (κ2) is 8.15. The van der Waals surface area contributed by atoms with Gasteiger partial charge in [0, 0.05) is 25.1 Å². The number of carbonyl (C=O) groups excluding carboxylic acids is 2. The summed E-state index contributed by atoms with van der Waals surface area (Å²) in [4.78, 5) is 23.9. The normalized spacial score (nSPS) is 18.3. The Labute approximate surface area is 169 Å². The van der Waals surface area contributed by atoms with Gasteiger partial charge in [0.2, 0.25) is 15.9 Å². The van der Waals surface area contributed by atoms with Gasteiger partial charge in [0.1, 0.15) is 17.6 Å². The smallest absolute Gasteiger partial charge is 0.325 e. The Bertz CT molecular complexity index is 1090. The number of carbonyl (C=O) groups is 2. The molecule has 1 aliphatic rings. The fraction of sp³-hybridized carbons (Fsp3) is 0.263. The zero-order valence-electron chi connectivity index (χ0n) is 15.3. The molecule has 0 aromatic heterocycles. The van der Waals surface area contributed by atoms with E-state index in [0.717, 1.165) is 30.3 Å². The maximum Gasteiger partial charge on any atom is 0.416 e. The summed E-state index contributed by atoms with van der Waals surface area (Å²) < 4.78 is 79.0. The highest BCUT2D eigenvalue weighted by Crippen LogP contribution is 2.32. The number of nitrogens with one attached hydrogen (secondary N) is 1. The van der Waals surface area contributed by atoms with Gasteiger partial charge in [0.15, 0.2) is 0 Å². The van der Waals surface area contributed by atoms with E-state index in [1.54, 1.807) is 0 Å². The van der Waals surface area contributed by atoms with Crippen LogP contribution in [0.2, 0.25) is 0 Å². The van der Waals surface area contributed by atoms with Crippen LogP contribution in [0.25, 0.3) is 0 Å². The first-order valence-corrected chi connectivity index (χ1v) is 10.2. The number of piperidine rings is 1. The average Bonchev–Trinajstić information content (AvgIpc) is 2.67. The van der Waals surface area contributed by atoms with Crippen LogP contribution in [-0.2, 0) is 25.8 Å². The van der Waals surface area contributed by atoms with Crippen LogP contribution < -0.4 is 5.32 Å². The number of sulfonamides is 1. The lowest BCUT2D eigenvalue weighted by Crippen LogP contribution is -2.52. The second-order valence-corrected chi connectivity index (χ2v) is 8.54. The molecule has 6 nitrogen and oxygen atoms in total. The van der Waals surface area contributed by atoms with Crippen LogP contribution in [0, 0.1) is 5.82 Å². The highest BCUT2D eigenvalue weighted by Gasteiger charge is 2.41. The molecule has 0 radical (unpaired) electrons. The van der Waals surface area contributed by atoms with Crippen LogP contribution in [0.4, 0.5) is 23.2 Å². The topological polar surface area (TPSA) is 83.6 Å². The molecule has 0 saturated carbocycles. The Balaban J connectivity index is 1.93. The molecule has 11 heteroatoms. The van der Waals surface area contributed by atoms with Gasteiger partial charge in [0.25, 0.3) is 0 Å². The Kier molecular flexibility index (Phi) is 5.95. The molecule has 1 heterocycles. The van der Waals surface area contributed by atoms with Crippen LogP contribution in [0.5, 0.6) is 0 Å². The van der Waals surface area contributed by atoms with Crippen LogP contribution >= 0.6 is 0 Å². The lowest BCUT2D eigenvalue weighted by atomic mass is 10.0. The largest absolute Gasteiger partial charge is 0.416 e. The third-order valence-corrected chi connectivity index (χ3v) is 6.45. The number of ketones is 1. The first kappa shape index (κ1) is 21.9. The number of rotatable bonds is 4. The van der Waals surface area contributed by atoms with Crippen molar-refractivity contribution >= 4 is 27.4 Å². The van der Waals surface area contributed by atoms with E-state index in [1.165, 1.54) is 12.1 Å². The first-order chi connectivity index (χ1) is 14.0. The van der Waals surface area contributed by atoms with Crippen molar-refractivity contribution < 1.29 is 35.6 Å². The van der Waals surface area contributed by atoms with Crippen molar-refractivity contribution in [1.29, 1.82) is 0 Å². The van der Waals surface area contributed by atoms with Gasteiger partial charge in [-0.05, 0) is 36.4 Å². The van der Waals surface area contributed by atoms with Crippen molar-refractivity contribution in [2.24, 2.45) is 0 Å². The molecule has 30 heavy (non-hydrogen) atoms. The van der Waals surface area contributed by atoms with Crippen LogP contribution in [0.1, 0.15) is 18.4 Å². The molecule has 1 N–H and O–H groups in total. The number of halogens is 4. The molecule has 3 rings (SSSR count). The molecule has 1 aliphatic heterocycles. The summed E-state index contributed by atoms with van der Waals surface area (Å²) in [5, 5.41) is 2.34. The van der Waals surface area contributed by atoms with Gasteiger partial charge in [-0.2, -0.15) is 17.5 Å². The fourth-order valence-electron chi connectivity index (χ4n) is 3.08. The predicted octanol–water partition coefficient (Wildman–Crippen LogP) is 3.21. The number of Topliss-reactive ketones (excluding diaryl/α,β-unsaturated/α-hetero) is 1. The number of benzene rings is 2. The molecule has 0 spiro atoms. The summed E-state index contributed by atoms with van der Waals surface area (Å²) in [5.74, 6) is -1.89. The Morgan fingerprint density at radius 1 is 1.10 bits per heavy atom. The van der Waals surface area contributed by atoms with Crippen molar-refractivity contribution in [1.82, 2.24) is 4.31 Å². The van der Waals surface area contributed by atoms with Gasteiger partial charge < -0.3 is 5.32 Å². The van der Waals surface area contributed by atoms with Crippen molar-refractivity contribution in [2.45, 2.75) is 30.0 Å². The molecular weight excluding hydrogens is 428 g/mol. The lowest BCUT2D eigenvalue weighted by molar-refractivity contribution is -0.137. The summed E-state index contributed by atoms with van der Waals surface area (Å²) in [7, 11) is -4.52. The number of nitrogens with zero attached hydrogens (tertiary/aromatic N) is 1. The summed E-state index contributed by atoms with van der Waals surface area (Å²) in [5.41, 5.74) is -1.10. The van der Waals surface area contributed by atoms with Gasteiger partial charge in [-0.1, -0.05) is 12.1 Å². The van der Waals surface area contributed by atoms with Crippen molar-refractivity contribution in [3.05, 3.63) is 59.9 Å². The lowest BCUT2D eigenvalue weighted by Gasteiger charge is -2.33. The third kappa shape index (κ3) is 4.68. The minimum absolute atomic E-state index is 0.0504. The predicted molar refractivity (Wildman–Crippen MR) is 98.4 cm³/mol. The Hall–Kier alpha value is -2.79. The molecule has 160 valence electrons. The average molecular weight is 444 g/mol. The third-order valence-electron chi connectivity index (χ3n) is 4.54. The number of anilines is 1. The van der Waals surface area contributed by atoms with E-state index in [0.29, 0.717) is 10.4 Å². The molecule has 1 amide bonds. The van der Waals surface area contributed by atoms with E-state index in [-0.39, 0.29) is 24.4 Å². The van der Waals surface area contributed by atoms with Crippen molar-refractivity contribution in [3.8, 4) is 0 Å². The molecule has 1 atom stereocenters. The second-order valence-electron chi connectivity index (χ2n) is 6.65. The fourth-order valence-corrected chi connectivity index (χ4v) is 4.72. The van der Waals surface area contributed by atoms with Crippen LogP contribution in [0.3, 0.4) is 0 Å². The summed E-state index contributed by atoms with van der Waals surface area (Å²) in [6.45, 7) is -0.362. The van der Waals surface area contributed by atoms with Crippen molar-refractivity contribution in [3.63, 3.8) is 0 Å². The molecule has 0 bridgehead atoms. The number of amides is 1. The van der Waals surface area contributed by atoms with E-state index < -0.39 is 50.8 Å². The van der Waals surface area contributed by atoms with Crippen molar-refractivity contribution in [2.75, 3.05) is 11.9 Å². The van der Waals surface area contributed by atoms with Gasteiger partial charge in [-0.15, -0.1) is 0 Å². The van der Waals surface area contributed by atoms with Gasteiger partial charge in [-0.3, -0.25) is 9.59 Å². The monoisotopic (exact) mass is 444 g/mol. The quantitative estimate of drug-likeness (QED) is 0.735. The summed E-state index contributed by atoms with van der Waals surface area (Å²) in [6, 6.07) is 6.52. The molecule has 2 aromatic rings. The van der Waals surface area contributed by atoms with Gasteiger partial charge >= 0.3 is 6.18 Å². The standard InChI is InChI=1S/C19H16F4N2O4S/c20-13-4-2-5-14(10-13)24-18(27)17-11-15(26)7-8-25(17)30(28,29)16-6-1-3-12(9-16)19(21,22)23/h1-6,9-10,17H,7-8,11H2,(H,24,27). The van der Waals surface area contributed by atoms with E-state index >= 15 is 0 Å². The van der Waals surface area contributed by atoms with E-state index in [4.69, 9.17) is 0 Å². The zero-order valence-corrected chi connectivity index (χ0v) is 16.1. The maximum atomic E-state index is 13.3. The molecule has 0 aliphatic carbocycles. The number of hydrogen-bond acceptors (Lipinski definition) is 4. The van der Waals surface area contributed by atoms with E-state index in [9.17, 15) is 35.6 Å². The Morgan fingerprint density at radius 3 is 2.47 bits per heavy atom. The Morgan fingerprint density at radius 2 is 1.80 bits per heavy atom. The van der Waals surface area contributed by atoms with Crippen LogP contribution in [-0.4, -0.2) is 37.0 Å². The highest BCUT2D eigenvalue weighted by atomic mass is 32.2. The summed E-state index contributed by atoms with van der Waals surface area (Å²) in [6.07, 6.45) is -5.38. The molecular formula is C19H16F4N2O4S. The van der Waals surface area contributed by atoms with Gasteiger partial charge in [-0.25, -0.2) is 12.8 Å². The minimum atomic E-state index is -4.75. The summed E-state index contributed by atoms with van der Waals surface area (Å²) >= 11 is 0. The number of hydrogen-bond donors (Lipinski definition) is 1. The first-order valence-electron chi connectivity index (χ1n) is 8.76. The minimum Gasteiger partial charge on any atom is -0.325 e. The van der Waals surface area contributed by atoms with E-state index in [1.807, 2.05) is 0 Å².